The van der Waals surface area contributed by atoms with Crippen LogP contribution in [0.2, 0.25) is 10.0 Å². The highest BCUT2D eigenvalue weighted by Crippen LogP contribution is 2.36. The molecule has 7 nitrogen and oxygen atoms in total. The van der Waals surface area contributed by atoms with Crippen molar-refractivity contribution in [1.82, 2.24) is 24.1 Å². The zero-order valence-corrected chi connectivity index (χ0v) is 19.0. The number of fused-ring (bicyclic) bond motifs is 1. The first-order valence-electron chi connectivity index (χ1n) is 10.3. The standard InChI is InChI=1S/C24H18Cl2N6O/c1-2-31-24(33)32-22(30-31)20(15-5-9-17(25)10-6-15)21(16-7-11-18(26)12-8-16)29-23(32)28-19-4-3-13-27-14-19/h3-14H,2H2,1H3,(H,28,29). The minimum absolute atomic E-state index is 0.288. The molecule has 0 aliphatic rings. The average Bonchev–Trinajstić information content (AvgIpc) is 3.17. The van der Waals surface area contributed by atoms with Gasteiger partial charge in [-0.05, 0) is 48.9 Å². The molecule has 3 aromatic heterocycles. The van der Waals surface area contributed by atoms with E-state index in [4.69, 9.17) is 28.2 Å². The summed E-state index contributed by atoms with van der Waals surface area (Å²) in [5.74, 6) is 0.338. The van der Waals surface area contributed by atoms with E-state index in [1.807, 2.05) is 37.3 Å². The molecule has 2 aromatic carbocycles. The van der Waals surface area contributed by atoms with Crippen molar-refractivity contribution in [2.24, 2.45) is 0 Å². The van der Waals surface area contributed by atoms with Gasteiger partial charge in [0, 0.05) is 28.4 Å². The molecule has 0 unspecified atom stereocenters. The van der Waals surface area contributed by atoms with Crippen molar-refractivity contribution in [3.63, 3.8) is 0 Å². The van der Waals surface area contributed by atoms with Gasteiger partial charge in [-0.2, -0.15) is 0 Å². The first-order chi connectivity index (χ1) is 16.0. The summed E-state index contributed by atoms with van der Waals surface area (Å²) >= 11 is 12.3. The van der Waals surface area contributed by atoms with Gasteiger partial charge in [-0.1, -0.05) is 47.5 Å². The van der Waals surface area contributed by atoms with Crippen LogP contribution in [0.4, 0.5) is 11.6 Å². The highest BCUT2D eigenvalue weighted by molar-refractivity contribution is 6.31. The molecular weight excluding hydrogens is 459 g/mol. The summed E-state index contributed by atoms with van der Waals surface area (Å²) in [4.78, 5) is 22.3. The van der Waals surface area contributed by atoms with Gasteiger partial charge >= 0.3 is 5.69 Å². The molecule has 0 spiro atoms. The predicted octanol–water partition coefficient (Wildman–Crippen LogP) is 5.69. The van der Waals surface area contributed by atoms with E-state index in [2.05, 4.69) is 15.4 Å². The Hall–Kier alpha value is -3.68. The van der Waals surface area contributed by atoms with E-state index in [1.165, 1.54) is 9.08 Å². The van der Waals surface area contributed by atoms with Gasteiger partial charge in [-0.15, -0.1) is 5.10 Å². The van der Waals surface area contributed by atoms with E-state index in [-0.39, 0.29) is 5.69 Å². The number of hydrogen-bond donors (Lipinski definition) is 1. The molecule has 0 amide bonds. The lowest BCUT2D eigenvalue weighted by Gasteiger charge is -2.15. The van der Waals surface area contributed by atoms with Gasteiger partial charge in [0.1, 0.15) is 0 Å². The third kappa shape index (κ3) is 3.97. The largest absolute Gasteiger partial charge is 0.353 e. The number of hydrogen-bond acceptors (Lipinski definition) is 5. The van der Waals surface area contributed by atoms with Crippen LogP contribution < -0.4 is 11.0 Å². The highest BCUT2D eigenvalue weighted by atomic mass is 35.5. The summed E-state index contributed by atoms with van der Waals surface area (Å²) in [5.41, 5.74) is 3.93. The fraction of sp³-hybridized carbons (Fsp3) is 0.0833. The summed E-state index contributed by atoms with van der Waals surface area (Å²) in [7, 11) is 0. The number of halogens is 2. The predicted molar refractivity (Wildman–Crippen MR) is 131 cm³/mol. The van der Waals surface area contributed by atoms with Gasteiger partial charge in [0.05, 0.1) is 23.1 Å². The molecule has 0 radical (unpaired) electrons. The minimum atomic E-state index is -0.288. The monoisotopic (exact) mass is 476 g/mol. The Kier molecular flexibility index (Phi) is 5.58. The normalized spacial score (nSPS) is 11.1. The zero-order chi connectivity index (χ0) is 22.9. The average molecular weight is 477 g/mol. The lowest BCUT2D eigenvalue weighted by atomic mass is 10.00. The van der Waals surface area contributed by atoms with E-state index in [9.17, 15) is 4.79 Å². The molecule has 5 rings (SSSR count). The topological polar surface area (TPSA) is 77.1 Å². The fourth-order valence-electron chi connectivity index (χ4n) is 3.63. The lowest BCUT2D eigenvalue weighted by Crippen LogP contribution is -2.22. The Morgan fingerprint density at radius 3 is 2.21 bits per heavy atom. The first-order valence-corrected chi connectivity index (χ1v) is 11.0. The molecule has 0 saturated carbocycles. The van der Waals surface area contributed by atoms with Crippen LogP contribution in [-0.4, -0.2) is 24.1 Å². The van der Waals surface area contributed by atoms with Crippen molar-refractivity contribution >= 4 is 40.5 Å². The number of pyridine rings is 1. The van der Waals surface area contributed by atoms with Gasteiger partial charge in [0.15, 0.2) is 5.65 Å². The second-order valence-electron chi connectivity index (χ2n) is 7.30. The molecule has 0 fully saturated rings. The SMILES string of the molecule is CCn1nc2c(-c3ccc(Cl)cc3)c(-c3ccc(Cl)cc3)nc(Nc3cccnc3)n2c1=O. The molecule has 3 heterocycles. The number of anilines is 2. The van der Waals surface area contributed by atoms with Crippen molar-refractivity contribution in [2.45, 2.75) is 13.5 Å². The van der Waals surface area contributed by atoms with Crippen LogP contribution in [0.5, 0.6) is 0 Å². The van der Waals surface area contributed by atoms with Gasteiger partial charge < -0.3 is 5.32 Å². The van der Waals surface area contributed by atoms with Crippen LogP contribution in [0.15, 0.2) is 77.9 Å². The van der Waals surface area contributed by atoms with Crippen LogP contribution >= 0.6 is 23.2 Å². The van der Waals surface area contributed by atoms with Crippen LogP contribution in [-0.2, 0) is 6.54 Å². The molecule has 164 valence electrons. The molecule has 0 saturated heterocycles. The van der Waals surface area contributed by atoms with E-state index >= 15 is 0 Å². The Bertz CT molecular complexity index is 1490. The quantitative estimate of drug-likeness (QED) is 0.352. The molecule has 1 N–H and O–H groups in total. The number of benzene rings is 2. The van der Waals surface area contributed by atoms with Gasteiger partial charge in [-0.3, -0.25) is 4.98 Å². The molecule has 0 aliphatic heterocycles. The molecule has 0 atom stereocenters. The maximum absolute atomic E-state index is 13.2. The first kappa shape index (κ1) is 21.2. The molecule has 9 heteroatoms. The smallest absolute Gasteiger partial charge is 0.324 e. The number of nitrogens with zero attached hydrogens (tertiary/aromatic N) is 5. The fourth-order valence-corrected chi connectivity index (χ4v) is 3.88. The zero-order valence-electron chi connectivity index (χ0n) is 17.5. The summed E-state index contributed by atoms with van der Waals surface area (Å²) in [6.07, 6.45) is 3.34. The lowest BCUT2D eigenvalue weighted by molar-refractivity contribution is 0.634. The van der Waals surface area contributed by atoms with Crippen molar-refractivity contribution in [2.75, 3.05) is 5.32 Å². The third-order valence-electron chi connectivity index (χ3n) is 5.20. The Morgan fingerprint density at radius 1 is 0.939 bits per heavy atom. The number of nitrogens with one attached hydrogen (secondary N) is 1. The van der Waals surface area contributed by atoms with E-state index in [0.717, 1.165) is 16.7 Å². The number of aryl methyl sites for hydroxylation is 1. The number of aromatic nitrogens is 5. The van der Waals surface area contributed by atoms with Gasteiger partial charge in [0.2, 0.25) is 5.95 Å². The number of rotatable bonds is 5. The van der Waals surface area contributed by atoms with E-state index < -0.39 is 0 Å². The second-order valence-corrected chi connectivity index (χ2v) is 8.17. The maximum Gasteiger partial charge on any atom is 0.353 e. The third-order valence-corrected chi connectivity index (χ3v) is 5.70. The summed E-state index contributed by atoms with van der Waals surface area (Å²) in [6.45, 7) is 2.29. The highest BCUT2D eigenvalue weighted by Gasteiger charge is 2.22. The van der Waals surface area contributed by atoms with Crippen molar-refractivity contribution in [3.05, 3.63) is 93.6 Å². The van der Waals surface area contributed by atoms with Gasteiger partial charge in [0.25, 0.3) is 0 Å². The molecule has 0 aliphatic carbocycles. The van der Waals surface area contributed by atoms with Gasteiger partial charge in [-0.25, -0.2) is 18.9 Å². The van der Waals surface area contributed by atoms with E-state index in [0.29, 0.717) is 39.6 Å². The van der Waals surface area contributed by atoms with Crippen LogP contribution in [0.25, 0.3) is 28.0 Å². The Labute approximate surface area is 199 Å². The van der Waals surface area contributed by atoms with E-state index in [1.54, 1.807) is 42.7 Å². The van der Waals surface area contributed by atoms with Crippen LogP contribution in [0.1, 0.15) is 6.92 Å². The second kappa shape index (κ2) is 8.69. The van der Waals surface area contributed by atoms with Crippen LogP contribution in [0, 0.1) is 0 Å². The van der Waals surface area contributed by atoms with Crippen molar-refractivity contribution in [3.8, 4) is 22.4 Å². The maximum atomic E-state index is 13.2. The summed E-state index contributed by atoms with van der Waals surface area (Å²) in [5, 5.41) is 9.10. The van der Waals surface area contributed by atoms with Crippen molar-refractivity contribution < 1.29 is 0 Å². The van der Waals surface area contributed by atoms with Crippen LogP contribution in [0.3, 0.4) is 0 Å². The summed E-state index contributed by atoms with van der Waals surface area (Å²) in [6, 6.07) is 18.4. The minimum Gasteiger partial charge on any atom is -0.324 e. The van der Waals surface area contributed by atoms with Crippen molar-refractivity contribution in [1.29, 1.82) is 0 Å². The Balaban J connectivity index is 1.87. The molecule has 5 aromatic rings. The molecular formula is C24H18Cl2N6O. The molecule has 0 bridgehead atoms. The molecule has 33 heavy (non-hydrogen) atoms. The Morgan fingerprint density at radius 2 is 1.61 bits per heavy atom. The summed E-state index contributed by atoms with van der Waals surface area (Å²) < 4.78 is 2.90.